The average Bonchev–Trinajstić information content (AvgIpc) is 2.90. The monoisotopic (exact) mass is 320 g/mol. The first-order chi connectivity index (χ1) is 11.0. The Balaban J connectivity index is 1.79. The highest BCUT2D eigenvalue weighted by Gasteiger charge is 2.22. The van der Waals surface area contributed by atoms with Gasteiger partial charge in [-0.2, -0.15) is 0 Å². The highest BCUT2D eigenvalue weighted by atomic mass is 16.8. The van der Waals surface area contributed by atoms with Gasteiger partial charge in [0.25, 0.3) is 5.91 Å². The van der Waals surface area contributed by atoms with Crippen LogP contribution in [0.25, 0.3) is 0 Å². The molecule has 2 rings (SSSR count). The number of carbonyl (C=O) groups excluding carboxylic acids is 2. The molecule has 0 saturated heterocycles. The molecule has 0 aliphatic heterocycles. The molecule has 0 saturated carbocycles. The van der Waals surface area contributed by atoms with E-state index in [4.69, 9.17) is 4.74 Å². The minimum absolute atomic E-state index is 0.0721. The number of methoxy groups -OCH3 is 1. The summed E-state index contributed by atoms with van der Waals surface area (Å²) in [6.45, 7) is 1.82. The molecule has 2 amide bonds. The first-order valence-corrected chi connectivity index (χ1v) is 6.79. The molecule has 1 aromatic carbocycles. The Morgan fingerprint density at radius 1 is 1.30 bits per heavy atom. The van der Waals surface area contributed by atoms with E-state index >= 15 is 0 Å². The van der Waals surface area contributed by atoms with Gasteiger partial charge in [0.15, 0.2) is 0 Å². The third kappa shape index (κ3) is 3.96. The lowest BCUT2D eigenvalue weighted by atomic mass is 10.2. The van der Waals surface area contributed by atoms with Gasteiger partial charge in [-0.3, -0.25) is 14.2 Å². The number of amides is 2. The number of hydrogen-bond acceptors (Lipinski definition) is 6. The maximum atomic E-state index is 11.9. The Bertz CT molecular complexity index is 713. The van der Waals surface area contributed by atoms with Crippen LogP contribution in [0.15, 0.2) is 28.9 Å². The summed E-state index contributed by atoms with van der Waals surface area (Å²) in [5.74, 6) is -0.247. The van der Waals surface area contributed by atoms with Crippen LogP contribution in [0.5, 0.6) is 5.75 Å². The maximum absolute atomic E-state index is 11.9. The first kappa shape index (κ1) is 16.3. The van der Waals surface area contributed by atoms with Crippen molar-refractivity contribution < 1.29 is 23.9 Å². The number of benzene rings is 1. The highest BCUT2D eigenvalue weighted by molar-refractivity contribution is 5.95. The van der Waals surface area contributed by atoms with Crippen LogP contribution in [-0.2, 0) is 0 Å². The van der Waals surface area contributed by atoms with E-state index in [1.807, 2.05) is 0 Å². The van der Waals surface area contributed by atoms with Crippen molar-refractivity contribution in [3.05, 3.63) is 46.4 Å². The van der Waals surface area contributed by atoms with E-state index in [1.165, 1.54) is 14.0 Å². The van der Waals surface area contributed by atoms with Crippen LogP contribution in [-0.4, -0.2) is 37.2 Å². The van der Waals surface area contributed by atoms with Gasteiger partial charge in [-0.1, -0.05) is 6.07 Å². The van der Waals surface area contributed by atoms with Crippen LogP contribution in [0.1, 0.15) is 26.5 Å². The molecule has 23 heavy (non-hydrogen) atoms. The fraction of sp³-hybridized carbons (Fsp3) is 0.286. The van der Waals surface area contributed by atoms with Gasteiger partial charge in [0, 0.05) is 25.6 Å². The molecule has 0 fully saturated rings. The SMILES string of the molecule is COc1cccc(C(=O)NCCNC(=O)c2no[n+]([O-])c2C)c1. The van der Waals surface area contributed by atoms with E-state index < -0.39 is 5.91 Å². The molecular formula is C14H16N4O5. The van der Waals surface area contributed by atoms with Gasteiger partial charge >= 0.3 is 11.6 Å². The van der Waals surface area contributed by atoms with Gasteiger partial charge in [-0.25, -0.2) is 0 Å². The van der Waals surface area contributed by atoms with E-state index in [0.717, 1.165) is 0 Å². The number of aromatic nitrogens is 2. The third-order valence-electron chi connectivity index (χ3n) is 3.07. The second-order valence-electron chi connectivity index (χ2n) is 4.61. The Labute approximate surface area is 131 Å². The van der Waals surface area contributed by atoms with Crippen LogP contribution in [0.4, 0.5) is 0 Å². The number of carbonyl (C=O) groups is 2. The highest BCUT2D eigenvalue weighted by Crippen LogP contribution is 2.12. The number of rotatable bonds is 6. The van der Waals surface area contributed by atoms with E-state index in [2.05, 4.69) is 20.4 Å². The molecule has 0 bridgehead atoms. The standard InChI is InChI=1S/C14H16N4O5/c1-9-12(17-23-18(9)21)14(20)16-7-6-15-13(19)10-4-3-5-11(8-10)22-2/h3-5,8H,6-7H2,1-2H3,(H,15,19)(H,16,20). The van der Waals surface area contributed by atoms with Crippen LogP contribution in [0.3, 0.4) is 0 Å². The summed E-state index contributed by atoms with van der Waals surface area (Å²) in [6.07, 6.45) is 0. The molecular weight excluding hydrogens is 304 g/mol. The zero-order valence-corrected chi connectivity index (χ0v) is 12.7. The molecule has 0 aliphatic carbocycles. The Kier molecular flexibility index (Phi) is 5.13. The van der Waals surface area contributed by atoms with Gasteiger partial charge in [0.2, 0.25) is 5.69 Å². The Morgan fingerprint density at radius 3 is 2.61 bits per heavy atom. The number of hydrogen-bond donors (Lipinski definition) is 2. The summed E-state index contributed by atoms with van der Waals surface area (Å²) in [5.41, 5.74) is 0.442. The second-order valence-corrected chi connectivity index (χ2v) is 4.61. The maximum Gasteiger partial charge on any atom is 0.308 e. The number of nitrogens with one attached hydrogen (secondary N) is 2. The molecule has 0 radical (unpaired) electrons. The van der Waals surface area contributed by atoms with E-state index in [-0.39, 0.29) is 35.3 Å². The fourth-order valence-electron chi connectivity index (χ4n) is 1.80. The fourth-order valence-corrected chi connectivity index (χ4v) is 1.80. The van der Waals surface area contributed by atoms with Crippen molar-refractivity contribution in [3.63, 3.8) is 0 Å². The van der Waals surface area contributed by atoms with Crippen molar-refractivity contribution in [1.29, 1.82) is 0 Å². The van der Waals surface area contributed by atoms with E-state index in [1.54, 1.807) is 24.3 Å². The van der Waals surface area contributed by atoms with Crippen molar-refractivity contribution in [3.8, 4) is 5.75 Å². The summed E-state index contributed by atoms with van der Waals surface area (Å²) in [5, 5.41) is 19.6. The van der Waals surface area contributed by atoms with Crippen LogP contribution < -0.4 is 20.3 Å². The van der Waals surface area contributed by atoms with Gasteiger partial charge in [-0.15, -0.1) is 0 Å². The van der Waals surface area contributed by atoms with Crippen molar-refractivity contribution >= 4 is 11.8 Å². The van der Waals surface area contributed by atoms with Gasteiger partial charge in [0.1, 0.15) is 5.75 Å². The van der Waals surface area contributed by atoms with E-state index in [9.17, 15) is 14.8 Å². The normalized spacial score (nSPS) is 10.2. The van der Waals surface area contributed by atoms with Gasteiger partial charge < -0.3 is 20.6 Å². The third-order valence-corrected chi connectivity index (χ3v) is 3.07. The van der Waals surface area contributed by atoms with Crippen LogP contribution in [0, 0.1) is 12.1 Å². The summed E-state index contributed by atoms with van der Waals surface area (Å²) in [7, 11) is 1.52. The van der Waals surface area contributed by atoms with Crippen molar-refractivity contribution in [2.24, 2.45) is 0 Å². The van der Waals surface area contributed by atoms with Gasteiger partial charge in [-0.05, 0) is 23.1 Å². The molecule has 0 unspecified atom stereocenters. The Morgan fingerprint density at radius 2 is 2.00 bits per heavy atom. The quantitative estimate of drug-likeness (QED) is 0.561. The molecule has 0 atom stereocenters. The van der Waals surface area contributed by atoms with Crippen LogP contribution >= 0.6 is 0 Å². The smallest absolute Gasteiger partial charge is 0.308 e. The molecule has 0 spiro atoms. The molecule has 2 aromatic rings. The second kappa shape index (κ2) is 7.25. The predicted molar refractivity (Wildman–Crippen MR) is 77.9 cm³/mol. The molecule has 0 aliphatic rings. The van der Waals surface area contributed by atoms with Crippen molar-refractivity contribution in [2.75, 3.05) is 20.2 Å². The zero-order valence-electron chi connectivity index (χ0n) is 12.7. The average molecular weight is 320 g/mol. The molecule has 1 heterocycles. The molecule has 9 nitrogen and oxygen atoms in total. The van der Waals surface area contributed by atoms with Crippen molar-refractivity contribution in [1.82, 2.24) is 15.8 Å². The number of nitrogens with zero attached hydrogens (tertiary/aromatic N) is 2. The van der Waals surface area contributed by atoms with Gasteiger partial charge in [0.05, 0.1) is 12.3 Å². The lowest BCUT2D eigenvalue weighted by Gasteiger charge is -2.07. The summed E-state index contributed by atoms with van der Waals surface area (Å²) in [6, 6.07) is 6.71. The van der Waals surface area contributed by atoms with E-state index in [0.29, 0.717) is 11.3 Å². The molecule has 122 valence electrons. The van der Waals surface area contributed by atoms with Crippen molar-refractivity contribution in [2.45, 2.75) is 6.92 Å². The minimum Gasteiger partial charge on any atom is -0.497 e. The summed E-state index contributed by atoms with van der Waals surface area (Å²) >= 11 is 0. The van der Waals surface area contributed by atoms with Crippen LogP contribution in [0.2, 0.25) is 0 Å². The minimum atomic E-state index is -0.545. The predicted octanol–water partition coefficient (Wildman–Crippen LogP) is -0.215. The zero-order chi connectivity index (χ0) is 16.8. The molecule has 9 heteroatoms. The number of ether oxygens (including phenoxy) is 1. The summed E-state index contributed by atoms with van der Waals surface area (Å²) in [4.78, 5) is 23.8. The molecule has 1 aromatic heterocycles. The Hall–Kier alpha value is -3.10. The topological polar surface area (TPSA) is 120 Å². The first-order valence-electron chi connectivity index (χ1n) is 6.79. The largest absolute Gasteiger partial charge is 0.497 e. The summed E-state index contributed by atoms with van der Waals surface area (Å²) < 4.78 is 9.35. The lowest BCUT2D eigenvalue weighted by molar-refractivity contribution is -0.806. The lowest BCUT2D eigenvalue weighted by Crippen LogP contribution is -2.35. The molecule has 2 N–H and O–H groups in total.